The van der Waals surface area contributed by atoms with Crippen LogP contribution in [-0.2, 0) is 12.8 Å². The molecule has 1 heterocycles. The Hall–Kier alpha value is -4.25. The molecule has 0 aliphatic carbocycles. The summed E-state index contributed by atoms with van der Waals surface area (Å²) >= 11 is 0. The number of hydrogen-bond donors (Lipinski definition) is 2. The SMILES string of the molecule is COc1ccccc1-c1c(-c2ccc(OCc3ccc([N+](=O)[O-])cc3)cc2O)n[nH]c1C(F)(F)F.Cl. The number of ether oxygens (including phenoxy) is 2. The van der Waals surface area contributed by atoms with Crippen molar-refractivity contribution >= 4 is 18.1 Å². The molecule has 8 nitrogen and oxygen atoms in total. The normalized spacial score (nSPS) is 11.0. The number of methoxy groups -OCH3 is 1. The number of halogens is 4. The van der Waals surface area contributed by atoms with Crippen molar-refractivity contribution in [3.8, 4) is 39.6 Å². The molecule has 0 amide bonds. The van der Waals surface area contributed by atoms with E-state index in [9.17, 15) is 28.4 Å². The summed E-state index contributed by atoms with van der Waals surface area (Å²) in [5, 5.41) is 27.3. The number of alkyl halides is 3. The van der Waals surface area contributed by atoms with Crippen molar-refractivity contribution < 1.29 is 32.7 Å². The first-order valence-electron chi connectivity index (χ1n) is 10.2. The molecule has 0 atom stereocenters. The maximum Gasteiger partial charge on any atom is 0.433 e. The van der Waals surface area contributed by atoms with Gasteiger partial charge in [0, 0.05) is 34.9 Å². The highest BCUT2D eigenvalue weighted by molar-refractivity contribution is 5.88. The van der Waals surface area contributed by atoms with Crippen LogP contribution in [0.1, 0.15) is 11.3 Å². The highest BCUT2D eigenvalue weighted by Crippen LogP contribution is 2.46. The number of nitro benzene ring substituents is 1. The molecule has 0 saturated carbocycles. The Kier molecular flexibility index (Phi) is 7.74. The molecular weight excluding hydrogens is 503 g/mol. The quantitative estimate of drug-likeness (QED) is 0.215. The summed E-state index contributed by atoms with van der Waals surface area (Å²) < 4.78 is 52.1. The number of aromatic amines is 1. The van der Waals surface area contributed by atoms with Gasteiger partial charge in [-0.2, -0.15) is 18.3 Å². The van der Waals surface area contributed by atoms with E-state index in [1.165, 1.54) is 61.7 Å². The van der Waals surface area contributed by atoms with Crippen LogP contribution in [0.4, 0.5) is 18.9 Å². The number of H-pyrrole nitrogens is 1. The first-order chi connectivity index (χ1) is 16.7. The summed E-state index contributed by atoms with van der Waals surface area (Å²) in [6.45, 7) is 0.0594. The molecule has 0 aliphatic heterocycles. The Labute approximate surface area is 208 Å². The number of benzene rings is 3. The maximum absolute atomic E-state index is 13.8. The zero-order chi connectivity index (χ0) is 25.2. The summed E-state index contributed by atoms with van der Waals surface area (Å²) in [5.41, 5.74) is -0.635. The number of aromatic nitrogens is 2. The summed E-state index contributed by atoms with van der Waals surface area (Å²) in [4.78, 5) is 10.2. The van der Waals surface area contributed by atoms with Crippen molar-refractivity contribution in [1.29, 1.82) is 0 Å². The van der Waals surface area contributed by atoms with E-state index in [2.05, 4.69) is 5.10 Å². The predicted octanol–water partition coefficient (Wildman–Crippen LogP) is 6.39. The Morgan fingerprint density at radius 2 is 1.75 bits per heavy atom. The molecule has 3 aromatic carbocycles. The number of nitrogens with one attached hydrogen (secondary N) is 1. The van der Waals surface area contributed by atoms with Crippen molar-refractivity contribution in [3.05, 3.63) is 88.1 Å². The molecule has 36 heavy (non-hydrogen) atoms. The highest BCUT2D eigenvalue weighted by Gasteiger charge is 2.39. The zero-order valence-corrected chi connectivity index (χ0v) is 19.4. The number of non-ortho nitro benzene ring substituents is 1. The van der Waals surface area contributed by atoms with Crippen LogP contribution in [0.25, 0.3) is 22.4 Å². The van der Waals surface area contributed by atoms with E-state index < -0.39 is 16.8 Å². The molecule has 0 radical (unpaired) electrons. The summed E-state index contributed by atoms with van der Waals surface area (Å²) in [6, 6.07) is 16.1. The topological polar surface area (TPSA) is 111 Å². The number of nitro groups is 1. The third-order valence-corrected chi connectivity index (χ3v) is 5.20. The molecule has 0 bridgehead atoms. The van der Waals surface area contributed by atoms with Crippen LogP contribution in [0.2, 0.25) is 0 Å². The Bertz CT molecular complexity index is 1370. The van der Waals surface area contributed by atoms with Crippen LogP contribution in [0.5, 0.6) is 17.2 Å². The summed E-state index contributed by atoms with van der Waals surface area (Å²) in [6.07, 6.45) is -4.73. The summed E-state index contributed by atoms with van der Waals surface area (Å²) in [5.74, 6) is 0.112. The van der Waals surface area contributed by atoms with Gasteiger partial charge in [-0.3, -0.25) is 15.2 Å². The van der Waals surface area contributed by atoms with E-state index in [1.807, 2.05) is 5.10 Å². The molecule has 0 saturated heterocycles. The van der Waals surface area contributed by atoms with E-state index in [1.54, 1.807) is 12.1 Å². The molecule has 0 unspecified atom stereocenters. The number of hydrogen-bond acceptors (Lipinski definition) is 6. The van der Waals surface area contributed by atoms with Gasteiger partial charge in [-0.1, -0.05) is 18.2 Å². The van der Waals surface area contributed by atoms with Crippen LogP contribution < -0.4 is 9.47 Å². The fraction of sp³-hybridized carbons (Fsp3) is 0.125. The van der Waals surface area contributed by atoms with Crippen LogP contribution in [-0.4, -0.2) is 27.3 Å². The molecule has 4 aromatic rings. The van der Waals surface area contributed by atoms with Gasteiger partial charge in [-0.25, -0.2) is 0 Å². The average molecular weight is 522 g/mol. The van der Waals surface area contributed by atoms with Crippen molar-refractivity contribution in [3.63, 3.8) is 0 Å². The zero-order valence-electron chi connectivity index (χ0n) is 18.6. The number of phenols is 1. The van der Waals surface area contributed by atoms with Crippen LogP contribution in [0, 0.1) is 10.1 Å². The van der Waals surface area contributed by atoms with Gasteiger partial charge in [0.2, 0.25) is 0 Å². The molecule has 0 spiro atoms. The number of phenolic OH excluding ortho intramolecular Hbond substituents is 1. The van der Waals surface area contributed by atoms with Crippen molar-refractivity contribution in [2.45, 2.75) is 12.8 Å². The third kappa shape index (κ3) is 5.36. The fourth-order valence-electron chi connectivity index (χ4n) is 3.54. The van der Waals surface area contributed by atoms with Gasteiger partial charge in [0.25, 0.3) is 5.69 Å². The Morgan fingerprint density at radius 1 is 1.06 bits per heavy atom. The Morgan fingerprint density at radius 3 is 2.36 bits per heavy atom. The number of nitrogens with zero attached hydrogens (tertiary/aromatic N) is 2. The largest absolute Gasteiger partial charge is 0.507 e. The van der Waals surface area contributed by atoms with Crippen LogP contribution in [0.3, 0.4) is 0 Å². The van der Waals surface area contributed by atoms with Crippen molar-refractivity contribution in [2.24, 2.45) is 0 Å². The second-order valence-corrected chi connectivity index (χ2v) is 7.41. The van der Waals surface area contributed by atoms with E-state index in [4.69, 9.17) is 9.47 Å². The smallest absolute Gasteiger partial charge is 0.433 e. The summed E-state index contributed by atoms with van der Waals surface area (Å²) in [7, 11) is 1.35. The van der Waals surface area contributed by atoms with E-state index in [-0.39, 0.29) is 64.3 Å². The highest BCUT2D eigenvalue weighted by atomic mass is 35.5. The molecule has 0 aliphatic rings. The van der Waals surface area contributed by atoms with Gasteiger partial charge in [0.15, 0.2) is 0 Å². The van der Waals surface area contributed by atoms with Gasteiger partial charge >= 0.3 is 6.18 Å². The van der Waals surface area contributed by atoms with Gasteiger partial charge in [-0.05, 0) is 35.9 Å². The molecule has 2 N–H and O–H groups in total. The minimum atomic E-state index is -4.73. The molecule has 188 valence electrons. The molecule has 0 fully saturated rings. The van der Waals surface area contributed by atoms with Gasteiger partial charge in [0.1, 0.15) is 35.2 Å². The molecule has 4 rings (SSSR count). The minimum Gasteiger partial charge on any atom is -0.507 e. The van der Waals surface area contributed by atoms with Gasteiger partial charge < -0.3 is 14.6 Å². The number of rotatable bonds is 7. The van der Waals surface area contributed by atoms with E-state index in [0.717, 1.165) is 0 Å². The van der Waals surface area contributed by atoms with Gasteiger partial charge in [-0.15, -0.1) is 12.4 Å². The first-order valence-corrected chi connectivity index (χ1v) is 10.2. The second kappa shape index (κ2) is 10.6. The lowest BCUT2D eigenvalue weighted by Gasteiger charge is -2.13. The van der Waals surface area contributed by atoms with Crippen molar-refractivity contribution in [2.75, 3.05) is 7.11 Å². The lowest BCUT2D eigenvalue weighted by molar-refractivity contribution is -0.384. The maximum atomic E-state index is 13.8. The average Bonchev–Trinajstić information content (AvgIpc) is 3.28. The van der Waals surface area contributed by atoms with E-state index in [0.29, 0.717) is 5.56 Å². The standard InChI is InChI=1S/C24H18F3N3O5.ClH/c1-34-20-5-3-2-4-18(20)21-22(28-29-23(21)24(25,26)27)17-11-10-16(12-19(17)31)35-13-14-6-8-15(9-7-14)30(32)33;/h2-12,31H,13H2,1H3,(H,28,29);1H. The Balaban J connectivity index is 0.00000361. The monoisotopic (exact) mass is 521 g/mol. The minimum absolute atomic E-state index is 0. The third-order valence-electron chi connectivity index (χ3n) is 5.20. The molecule has 1 aromatic heterocycles. The number of aromatic hydroxyl groups is 1. The van der Waals surface area contributed by atoms with Crippen LogP contribution in [0.15, 0.2) is 66.7 Å². The van der Waals surface area contributed by atoms with Crippen LogP contribution >= 0.6 is 12.4 Å². The second-order valence-electron chi connectivity index (χ2n) is 7.41. The van der Waals surface area contributed by atoms with Crippen molar-refractivity contribution in [1.82, 2.24) is 10.2 Å². The number of para-hydroxylation sites is 1. The van der Waals surface area contributed by atoms with Gasteiger partial charge in [0.05, 0.1) is 12.0 Å². The molecule has 12 heteroatoms. The lowest BCUT2D eigenvalue weighted by Crippen LogP contribution is -2.07. The molecular formula is C24H19ClF3N3O5. The van der Waals surface area contributed by atoms with E-state index >= 15 is 0 Å². The predicted molar refractivity (Wildman–Crippen MR) is 127 cm³/mol. The fourth-order valence-corrected chi connectivity index (χ4v) is 3.54. The lowest BCUT2D eigenvalue weighted by atomic mass is 9.97. The first kappa shape index (κ1) is 26.4.